The van der Waals surface area contributed by atoms with Crippen LogP contribution in [0.5, 0.6) is 0 Å². The Morgan fingerprint density at radius 2 is 2.00 bits per heavy atom. The van der Waals surface area contributed by atoms with E-state index in [0.29, 0.717) is 31.9 Å². The minimum atomic E-state index is -3.28. The van der Waals surface area contributed by atoms with Gasteiger partial charge in [-0.25, -0.2) is 8.42 Å². The molecule has 1 aromatic heterocycles. The van der Waals surface area contributed by atoms with E-state index in [4.69, 9.17) is 5.73 Å². The summed E-state index contributed by atoms with van der Waals surface area (Å²) in [6.45, 7) is 2.25. The number of aromatic nitrogens is 1. The summed E-state index contributed by atoms with van der Waals surface area (Å²) in [6, 6.07) is 1.84. The van der Waals surface area contributed by atoms with Crippen molar-refractivity contribution in [2.45, 2.75) is 0 Å². The maximum Gasteiger partial charge on any atom is 0.237 e. The van der Waals surface area contributed by atoms with Crippen LogP contribution in [0.15, 0.2) is 18.5 Å². The first-order valence-electron chi connectivity index (χ1n) is 6.27. The zero-order valence-electron chi connectivity index (χ0n) is 11.3. The lowest BCUT2D eigenvalue weighted by Gasteiger charge is -2.36. The van der Waals surface area contributed by atoms with Gasteiger partial charge < -0.3 is 15.5 Å². The van der Waals surface area contributed by atoms with Crippen LogP contribution in [0.4, 0.5) is 11.4 Å². The number of carbonyl (C=O) groups is 1. The number of hydrogen-bond donors (Lipinski definition) is 1. The van der Waals surface area contributed by atoms with Gasteiger partial charge in [-0.3, -0.25) is 9.78 Å². The molecule has 110 valence electrons. The molecule has 1 aliphatic rings. The average Bonchev–Trinajstić information content (AvgIpc) is 2.37. The van der Waals surface area contributed by atoms with Crippen LogP contribution in [0, 0.1) is 0 Å². The number of nitrogens with two attached hydrogens (primary N) is 1. The number of sulfone groups is 1. The molecule has 0 atom stereocenters. The number of rotatable bonds is 3. The van der Waals surface area contributed by atoms with Gasteiger partial charge in [0.05, 0.1) is 17.6 Å². The molecule has 0 aromatic carbocycles. The first-order chi connectivity index (χ1) is 9.37. The highest BCUT2D eigenvalue weighted by Crippen LogP contribution is 2.22. The molecule has 0 bridgehead atoms. The van der Waals surface area contributed by atoms with Crippen molar-refractivity contribution in [2.75, 3.05) is 48.8 Å². The summed E-state index contributed by atoms with van der Waals surface area (Å²) < 4.78 is 22.3. The summed E-state index contributed by atoms with van der Waals surface area (Å²) in [5.41, 5.74) is 7.36. The first-order valence-corrected chi connectivity index (χ1v) is 8.33. The number of piperazine rings is 1. The van der Waals surface area contributed by atoms with E-state index in [1.807, 2.05) is 6.07 Å². The molecule has 0 spiro atoms. The Kier molecular flexibility index (Phi) is 4.12. The van der Waals surface area contributed by atoms with Crippen LogP contribution >= 0.6 is 0 Å². The van der Waals surface area contributed by atoms with E-state index >= 15 is 0 Å². The van der Waals surface area contributed by atoms with Crippen LogP contribution in [0.3, 0.4) is 0 Å². The molecule has 2 rings (SSSR count). The second-order valence-electron chi connectivity index (χ2n) is 4.87. The molecule has 0 unspecified atom stereocenters. The Balaban J connectivity index is 1.96. The molecular weight excluding hydrogens is 280 g/mol. The molecule has 2 N–H and O–H groups in total. The summed E-state index contributed by atoms with van der Waals surface area (Å²) in [4.78, 5) is 19.4. The van der Waals surface area contributed by atoms with Gasteiger partial charge in [-0.15, -0.1) is 0 Å². The van der Waals surface area contributed by atoms with Crippen molar-refractivity contribution in [3.63, 3.8) is 0 Å². The number of nitrogen functional groups attached to an aromatic ring is 1. The second kappa shape index (κ2) is 5.66. The topological polar surface area (TPSA) is 96.6 Å². The highest BCUT2D eigenvalue weighted by Gasteiger charge is 2.24. The zero-order valence-corrected chi connectivity index (χ0v) is 12.1. The summed E-state index contributed by atoms with van der Waals surface area (Å²) in [5, 5.41) is 0. The fourth-order valence-electron chi connectivity index (χ4n) is 2.20. The van der Waals surface area contributed by atoms with Gasteiger partial charge in [0.1, 0.15) is 5.75 Å². The van der Waals surface area contributed by atoms with E-state index in [2.05, 4.69) is 9.88 Å². The average molecular weight is 298 g/mol. The smallest absolute Gasteiger partial charge is 0.237 e. The lowest BCUT2D eigenvalue weighted by atomic mass is 10.2. The van der Waals surface area contributed by atoms with Gasteiger partial charge in [0.25, 0.3) is 0 Å². The van der Waals surface area contributed by atoms with Crippen LogP contribution in [0.25, 0.3) is 0 Å². The van der Waals surface area contributed by atoms with Crippen molar-refractivity contribution in [1.29, 1.82) is 0 Å². The fourth-order valence-corrected chi connectivity index (χ4v) is 2.83. The standard InChI is InChI=1S/C12H18N4O3S/c1-20(18,19)9-12(17)16-6-4-15(5-7-16)11-2-3-14-8-10(11)13/h2-3,8H,4-7,9,13H2,1H3. The van der Waals surface area contributed by atoms with E-state index < -0.39 is 15.6 Å². The Hall–Kier alpha value is -1.83. The maximum atomic E-state index is 11.8. The molecule has 1 aromatic rings. The highest BCUT2D eigenvalue weighted by molar-refractivity contribution is 7.91. The van der Waals surface area contributed by atoms with Gasteiger partial charge >= 0.3 is 0 Å². The molecule has 1 amide bonds. The number of carbonyl (C=O) groups excluding carboxylic acids is 1. The van der Waals surface area contributed by atoms with E-state index in [9.17, 15) is 13.2 Å². The van der Waals surface area contributed by atoms with E-state index in [1.165, 1.54) is 0 Å². The molecule has 0 saturated carbocycles. The molecule has 8 heteroatoms. The Bertz CT molecular complexity index is 594. The predicted molar refractivity (Wildman–Crippen MR) is 77.2 cm³/mol. The summed E-state index contributed by atoms with van der Waals surface area (Å²) in [7, 11) is -3.28. The number of amides is 1. The number of hydrogen-bond acceptors (Lipinski definition) is 6. The largest absolute Gasteiger partial charge is 0.396 e. The van der Waals surface area contributed by atoms with Crippen LogP contribution in [-0.2, 0) is 14.6 Å². The maximum absolute atomic E-state index is 11.8. The van der Waals surface area contributed by atoms with Crippen molar-refractivity contribution < 1.29 is 13.2 Å². The van der Waals surface area contributed by atoms with Gasteiger partial charge in [-0.2, -0.15) is 0 Å². The highest BCUT2D eigenvalue weighted by atomic mass is 32.2. The van der Waals surface area contributed by atoms with Crippen LogP contribution < -0.4 is 10.6 Å². The van der Waals surface area contributed by atoms with E-state index in [1.54, 1.807) is 17.3 Å². The lowest BCUT2D eigenvalue weighted by Crippen LogP contribution is -2.50. The van der Waals surface area contributed by atoms with E-state index in [-0.39, 0.29) is 5.91 Å². The van der Waals surface area contributed by atoms with Gasteiger partial charge in [0.2, 0.25) is 5.91 Å². The first kappa shape index (κ1) is 14.6. The van der Waals surface area contributed by atoms with Gasteiger partial charge in [0.15, 0.2) is 9.84 Å². The molecule has 1 fully saturated rings. The summed E-state index contributed by atoms with van der Waals surface area (Å²) >= 11 is 0. The Morgan fingerprint density at radius 3 is 2.55 bits per heavy atom. The molecule has 0 radical (unpaired) electrons. The second-order valence-corrected chi connectivity index (χ2v) is 7.01. The number of pyridine rings is 1. The van der Waals surface area contributed by atoms with Crippen molar-refractivity contribution in [3.8, 4) is 0 Å². The van der Waals surface area contributed by atoms with Crippen LogP contribution in [-0.4, -0.2) is 62.4 Å². The molecule has 20 heavy (non-hydrogen) atoms. The molecular formula is C12H18N4O3S. The minimum absolute atomic E-state index is 0.338. The third kappa shape index (κ3) is 3.60. The van der Waals surface area contributed by atoms with E-state index in [0.717, 1.165) is 11.9 Å². The number of nitrogens with zero attached hydrogens (tertiary/aromatic N) is 3. The Morgan fingerprint density at radius 1 is 1.35 bits per heavy atom. The third-order valence-corrected chi connectivity index (χ3v) is 3.96. The minimum Gasteiger partial charge on any atom is -0.396 e. The van der Waals surface area contributed by atoms with Crippen molar-refractivity contribution in [1.82, 2.24) is 9.88 Å². The lowest BCUT2D eigenvalue weighted by molar-refractivity contribution is -0.128. The van der Waals surface area contributed by atoms with Gasteiger partial charge in [-0.05, 0) is 6.07 Å². The summed E-state index contributed by atoms with van der Waals surface area (Å²) in [6.07, 6.45) is 4.34. The SMILES string of the molecule is CS(=O)(=O)CC(=O)N1CCN(c2ccncc2N)CC1. The molecule has 0 aliphatic carbocycles. The molecule has 1 saturated heterocycles. The Labute approximate surface area is 118 Å². The zero-order chi connectivity index (χ0) is 14.8. The molecule has 1 aliphatic heterocycles. The van der Waals surface area contributed by atoms with Crippen LogP contribution in [0.1, 0.15) is 0 Å². The van der Waals surface area contributed by atoms with Crippen molar-refractivity contribution in [3.05, 3.63) is 18.5 Å². The monoisotopic (exact) mass is 298 g/mol. The normalized spacial score (nSPS) is 16.2. The fraction of sp³-hybridized carbons (Fsp3) is 0.500. The number of anilines is 2. The third-order valence-electron chi connectivity index (χ3n) is 3.19. The molecule has 7 nitrogen and oxygen atoms in total. The van der Waals surface area contributed by atoms with Crippen LogP contribution in [0.2, 0.25) is 0 Å². The van der Waals surface area contributed by atoms with Crippen molar-refractivity contribution >= 4 is 27.1 Å². The summed E-state index contributed by atoms with van der Waals surface area (Å²) in [5.74, 6) is -0.764. The predicted octanol–water partition coefficient (Wildman–Crippen LogP) is -0.643. The molecule has 2 heterocycles. The van der Waals surface area contributed by atoms with Crippen molar-refractivity contribution in [2.24, 2.45) is 0 Å². The van der Waals surface area contributed by atoms with Gasteiger partial charge in [0, 0.05) is 38.6 Å². The van der Waals surface area contributed by atoms with Gasteiger partial charge in [-0.1, -0.05) is 0 Å². The quantitative estimate of drug-likeness (QED) is 0.797.